The molecule has 1 saturated heterocycles. The third-order valence-electron chi connectivity index (χ3n) is 3.95. The Balaban J connectivity index is 2.34. The van der Waals surface area contributed by atoms with Gasteiger partial charge in [0, 0.05) is 5.69 Å². The number of rotatable bonds is 3. The average Bonchev–Trinajstić information content (AvgIpc) is 2.62. The number of benzene rings is 1. The summed E-state index contributed by atoms with van der Waals surface area (Å²) in [5.74, 6) is -0.121. The first-order chi connectivity index (χ1) is 9.86. The largest absolute Gasteiger partial charge is 0.390 e. The summed E-state index contributed by atoms with van der Waals surface area (Å²) in [7, 11) is 0. The molecule has 0 spiro atoms. The van der Waals surface area contributed by atoms with Gasteiger partial charge in [0.1, 0.15) is 6.07 Å². The lowest BCUT2D eigenvalue weighted by atomic mass is 9.92. The number of carbonyl (C=O) groups is 1. The molecule has 4 nitrogen and oxygen atoms in total. The van der Waals surface area contributed by atoms with E-state index in [9.17, 15) is 9.90 Å². The Hall–Kier alpha value is -1.57. The second-order valence-electron chi connectivity index (χ2n) is 5.95. The molecule has 1 aromatic rings. The topological polar surface area (TPSA) is 64.3 Å². The molecule has 1 aliphatic rings. The maximum Gasteiger partial charge on any atom is 0.233 e. The number of aliphatic hydroxyl groups is 1. The molecular formula is C16H19ClN2O2. The summed E-state index contributed by atoms with van der Waals surface area (Å²) in [5, 5.41) is 19.6. The van der Waals surface area contributed by atoms with E-state index in [-0.39, 0.29) is 17.9 Å². The van der Waals surface area contributed by atoms with Crippen molar-refractivity contribution in [2.75, 3.05) is 4.90 Å². The summed E-state index contributed by atoms with van der Waals surface area (Å²) >= 11 is 6.04. The fourth-order valence-electron chi connectivity index (χ4n) is 2.87. The highest BCUT2D eigenvalue weighted by atomic mass is 35.5. The fraction of sp³-hybridized carbons (Fsp3) is 0.500. The fourth-order valence-corrected chi connectivity index (χ4v) is 3.09. The number of aliphatic hydroxyl groups excluding tert-OH is 1. The number of amides is 1. The Morgan fingerprint density at radius 1 is 1.48 bits per heavy atom. The first-order valence-corrected chi connectivity index (χ1v) is 7.45. The van der Waals surface area contributed by atoms with Crippen LogP contribution in [0.5, 0.6) is 0 Å². The van der Waals surface area contributed by atoms with Crippen molar-refractivity contribution in [1.29, 1.82) is 5.26 Å². The Bertz CT molecular complexity index is 594. The van der Waals surface area contributed by atoms with E-state index in [1.165, 1.54) is 0 Å². The first-order valence-electron chi connectivity index (χ1n) is 7.07. The minimum atomic E-state index is -0.686. The van der Waals surface area contributed by atoms with Crippen LogP contribution in [0.15, 0.2) is 18.2 Å². The number of nitrogens with zero attached hydrogens (tertiary/aromatic N) is 2. The van der Waals surface area contributed by atoms with Gasteiger partial charge in [-0.2, -0.15) is 5.26 Å². The number of hydrogen-bond donors (Lipinski definition) is 1. The van der Waals surface area contributed by atoms with E-state index >= 15 is 0 Å². The van der Waals surface area contributed by atoms with E-state index < -0.39 is 6.10 Å². The van der Waals surface area contributed by atoms with E-state index in [1.54, 1.807) is 23.1 Å². The zero-order valence-electron chi connectivity index (χ0n) is 12.4. The molecule has 0 aromatic heterocycles. The summed E-state index contributed by atoms with van der Waals surface area (Å²) in [5.41, 5.74) is 1.00. The molecule has 0 saturated carbocycles. The summed E-state index contributed by atoms with van der Waals surface area (Å²) in [6.45, 7) is 5.90. The average molecular weight is 307 g/mol. The van der Waals surface area contributed by atoms with Gasteiger partial charge in [0.05, 0.1) is 28.6 Å². The van der Waals surface area contributed by atoms with Gasteiger partial charge in [-0.25, -0.2) is 0 Å². The van der Waals surface area contributed by atoms with Crippen molar-refractivity contribution in [2.24, 2.45) is 11.8 Å². The standard InChI is InChI=1S/C16H19ClN2O2/c1-9(2)6-13-15(20)10(3)19(16(13)21)12-5-4-11(8-18)14(17)7-12/h4-5,7,9-10,13,15,20H,6H2,1-3H3/t10-,13?,15+/m0/s1. The second kappa shape index (κ2) is 6.05. The summed E-state index contributed by atoms with van der Waals surface area (Å²) in [6, 6.07) is 6.60. The van der Waals surface area contributed by atoms with Gasteiger partial charge in [0.2, 0.25) is 5.91 Å². The van der Waals surface area contributed by atoms with Crippen molar-refractivity contribution >= 4 is 23.2 Å². The summed E-state index contributed by atoms with van der Waals surface area (Å²) < 4.78 is 0. The molecule has 112 valence electrons. The van der Waals surface area contributed by atoms with Gasteiger partial charge < -0.3 is 10.0 Å². The molecule has 1 fully saturated rings. The van der Waals surface area contributed by atoms with Crippen LogP contribution in [-0.4, -0.2) is 23.2 Å². The molecule has 0 bridgehead atoms. The van der Waals surface area contributed by atoms with Crippen molar-refractivity contribution in [2.45, 2.75) is 39.3 Å². The normalized spacial score (nSPS) is 25.5. The number of anilines is 1. The molecule has 1 aromatic carbocycles. The highest BCUT2D eigenvalue weighted by molar-refractivity contribution is 6.32. The van der Waals surface area contributed by atoms with Crippen LogP contribution in [0.1, 0.15) is 32.8 Å². The van der Waals surface area contributed by atoms with Gasteiger partial charge in [-0.05, 0) is 37.5 Å². The number of halogens is 1. The van der Waals surface area contributed by atoms with Crippen LogP contribution in [-0.2, 0) is 4.79 Å². The molecule has 2 rings (SSSR count). The SMILES string of the molecule is CC(C)CC1C(=O)N(c2ccc(C#N)c(Cl)c2)[C@@H](C)[C@H]1O. The van der Waals surface area contributed by atoms with Crippen LogP contribution >= 0.6 is 11.6 Å². The van der Waals surface area contributed by atoms with Gasteiger partial charge in [-0.15, -0.1) is 0 Å². The van der Waals surface area contributed by atoms with Gasteiger partial charge in [-0.1, -0.05) is 25.4 Å². The first kappa shape index (κ1) is 15.8. The predicted octanol–water partition coefficient (Wildman–Crippen LogP) is 2.97. The highest BCUT2D eigenvalue weighted by Gasteiger charge is 2.45. The van der Waals surface area contributed by atoms with E-state index in [4.69, 9.17) is 16.9 Å². The molecule has 1 N–H and O–H groups in total. The molecule has 1 aliphatic heterocycles. The maximum absolute atomic E-state index is 12.6. The smallest absolute Gasteiger partial charge is 0.233 e. The lowest BCUT2D eigenvalue weighted by Gasteiger charge is -2.23. The minimum Gasteiger partial charge on any atom is -0.390 e. The van der Waals surface area contributed by atoms with E-state index in [0.717, 1.165) is 0 Å². The van der Waals surface area contributed by atoms with Gasteiger partial charge >= 0.3 is 0 Å². The Labute approximate surface area is 129 Å². The van der Waals surface area contributed by atoms with E-state index in [0.29, 0.717) is 28.6 Å². The molecule has 0 radical (unpaired) electrons. The molecule has 0 aliphatic carbocycles. The maximum atomic E-state index is 12.6. The van der Waals surface area contributed by atoms with Crippen LogP contribution < -0.4 is 4.90 Å². The predicted molar refractivity (Wildman–Crippen MR) is 82.1 cm³/mol. The third-order valence-corrected chi connectivity index (χ3v) is 4.26. The molecule has 1 amide bonds. The molecule has 3 atom stereocenters. The highest BCUT2D eigenvalue weighted by Crippen LogP contribution is 2.35. The molecule has 1 unspecified atom stereocenters. The van der Waals surface area contributed by atoms with Crippen molar-refractivity contribution in [3.8, 4) is 6.07 Å². The van der Waals surface area contributed by atoms with Gasteiger partial charge in [0.15, 0.2) is 0 Å². The molecule has 5 heteroatoms. The van der Waals surface area contributed by atoms with Crippen LogP contribution in [0.4, 0.5) is 5.69 Å². The van der Waals surface area contributed by atoms with Crippen molar-refractivity contribution in [1.82, 2.24) is 0 Å². The number of hydrogen-bond acceptors (Lipinski definition) is 3. The Morgan fingerprint density at radius 2 is 2.14 bits per heavy atom. The van der Waals surface area contributed by atoms with Crippen molar-refractivity contribution in [3.05, 3.63) is 28.8 Å². The molecular weight excluding hydrogens is 288 g/mol. The van der Waals surface area contributed by atoms with Gasteiger partial charge in [0.25, 0.3) is 0 Å². The Kier molecular flexibility index (Phi) is 4.55. The molecule has 21 heavy (non-hydrogen) atoms. The molecule has 1 heterocycles. The monoisotopic (exact) mass is 306 g/mol. The summed E-state index contributed by atoms with van der Waals surface area (Å²) in [4.78, 5) is 14.2. The number of nitriles is 1. The van der Waals surface area contributed by atoms with E-state index in [1.807, 2.05) is 26.8 Å². The number of carbonyl (C=O) groups excluding carboxylic acids is 1. The van der Waals surface area contributed by atoms with Crippen LogP contribution in [0.2, 0.25) is 5.02 Å². The Morgan fingerprint density at radius 3 is 2.67 bits per heavy atom. The van der Waals surface area contributed by atoms with E-state index in [2.05, 4.69) is 0 Å². The van der Waals surface area contributed by atoms with Crippen LogP contribution in [0.25, 0.3) is 0 Å². The zero-order valence-corrected chi connectivity index (χ0v) is 13.1. The lowest BCUT2D eigenvalue weighted by molar-refractivity contribution is -0.122. The second-order valence-corrected chi connectivity index (χ2v) is 6.36. The van der Waals surface area contributed by atoms with Crippen molar-refractivity contribution < 1.29 is 9.90 Å². The van der Waals surface area contributed by atoms with Crippen molar-refractivity contribution in [3.63, 3.8) is 0 Å². The van der Waals surface area contributed by atoms with Gasteiger partial charge in [-0.3, -0.25) is 4.79 Å². The van der Waals surface area contributed by atoms with Crippen LogP contribution in [0, 0.1) is 23.2 Å². The lowest BCUT2D eigenvalue weighted by Crippen LogP contribution is -2.34. The summed E-state index contributed by atoms with van der Waals surface area (Å²) in [6.07, 6.45) is -0.0282. The zero-order chi connectivity index (χ0) is 15.7. The van der Waals surface area contributed by atoms with Crippen LogP contribution in [0.3, 0.4) is 0 Å². The quantitative estimate of drug-likeness (QED) is 0.933. The third kappa shape index (κ3) is 2.90. The minimum absolute atomic E-state index is 0.0792.